The molecule has 1 aliphatic heterocycles. The molecule has 2 unspecified atom stereocenters. The van der Waals surface area contributed by atoms with Gasteiger partial charge in [0.15, 0.2) is 5.16 Å². The summed E-state index contributed by atoms with van der Waals surface area (Å²) in [5, 5.41) is 11.5. The third-order valence-corrected chi connectivity index (χ3v) is 8.56. The number of aryl methyl sites for hydroxylation is 1. The molecule has 4 rings (SSSR count). The van der Waals surface area contributed by atoms with Crippen LogP contribution in [0.15, 0.2) is 64.9 Å². The summed E-state index contributed by atoms with van der Waals surface area (Å²) in [4.78, 5) is 12.7. The van der Waals surface area contributed by atoms with Gasteiger partial charge in [-0.05, 0) is 61.6 Å². The van der Waals surface area contributed by atoms with Gasteiger partial charge < -0.3 is 5.32 Å². The van der Waals surface area contributed by atoms with Gasteiger partial charge in [-0.2, -0.15) is 4.31 Å². The summed E-state index contributed by atoms with van der Waals surface area (Å²) in [6.45, 7) is 7.26. The van der Waals surface area contributed by atoms with Crippen LogP contribution in [-0.2, 0) is 14.8 Å². The summed E-state index contributed by atoms with van der Waals surface area (Å²) in [5.41, 5.74) is 2.63. The molecule has 8 nitrogen and oxygen atoms in total. The zero-order valence-corrected chi connectivity index (χ0v) is 21.1. The Bertz CT molecular complexity index is 1230. The quantitative estimate of drug-likeness (QED) is 0.494. The number of amides is 1. The number of hydrogen-bond donors (Lipinski definition) is 1. The maximum absolute atomic E-state index is 13.0. The number of anilines is 1. The molecule has 1 aromatic heterocycles. The first-order chi connectivity index (χ1) is 16.2. The van der Waals surface area contributed by atoms with Crippen molar-refractivity contribution in [2.45, 2.75) is 37.2 Å². The number of nitrogens with zero attached hydrogens (tertiary/aromatic N) is 4. The molecule has 1 fully saturated rings. The van der Waals surface area contributed by atoms with Crippen molar-refractivity contribution in [1.29, 1.82) is 0 Å². The Labute approximate surface area is 204 Å². The lowest BCUT2D eigenvalue weighted by Crippen LogP contribution is -2.42. The highest BCUT2D eigenvalue weighted by molar-refractivity contribution is 7.99. The third-order valence-electron chi connectivity index (χ3n) is 5.77. The summed E-state index contributed by atoms with van der Waals surface area (Å²) in [5.74, 6) is 0.615. The van der Waals surface area contributed by atoms with Gasteiger partial charge in [0.2, 0.25) is 15.9 Å². The lowest BCUT2D eigenvalue weighted by Gasteiger charge is -2.34. The molecule has 2 atom stereocenters. The molecular weight excluding hydrogens is 470 g/mol. The van der Waals surface area contributed by atoms with Gasteiger partial charge >= 0.3 is 0 Å². The molecule has 34 heavy (non-hydrogen) atoms. The fraction of sp³-hybridized carbons (Fsp3) is 0.375. The Hall–Kier alpha value is -2.69. The van der Waals surface area contributed by atoms with Crippen molar-refractivity contribution in [3.63, 3.8) is 0 Å². The number of hydrogen-bond acceptors (Lipinski definition) is 6. The predicted octanol–water partition coefficient (Wildman–Crippen LogP) is 3.97. The molecule has 10 heteroatoms. The third kappa shape index (κ3) is 5.68. The molecule has 2 heterocycles. The molecule has 180 valence electrons. The van der Waals surface area contributed by atoms with Crippen LogP contribution in [0.25, 0.3) is 5.69 Å². The summed E-state index contributed by atoms with van der Waals surface area (Å²) in [6, 6.07) is 14.3. The van der Waals surface area contributed by atoms with Gasteiger partial charge in [-0.25, -0.2) is 8.42 Å². The smallest absolute Gasteiger partial charge is 0.243 e. The van der Waals surface area contributed by atoms with Crippen LogP contribution < -0.4 is 5.32 Å². The molecule has 0 bridgehead atoms. The van der Waals surface area contributed by atoms with Gasteiger partial charge in [-0.15, -0.1) is 10.2 Å². The first-order valence-electron chi connectivity index (χ1n) is 11.2. The second kappa shape index (κ2) is 10.3. The van der Waals surface area contributed by atoms with E-state index < -0.39 is 10.0 Å². The number of carbonyl (C=O) groups excluding carboxylic acids is 1. The summed E-state index contributed by atoms with van der Waals surface area (Å²) in [7, 11) is -3.55. The summed E-state index contributed by atoms with van der Waals surface area (Å²) in [6.07, 6.45) is 2.66. The van der Waals surface area contributed by atoms with Crippen molar-refractivity contribution >= 4 is 33.4 Å². The number of piperidine rings is 1. The number of aromatic nitrogens is 3. The van der Waals surface area contributed by atoms with Crippen molar-refractivity contribution in [3.05, 3.63) is 60.4 Å². The monoisotopic (exact) mass is 499 g/mol. The van der Waals surface area contributed by atoms with Crippen LogP contribution in [0, 0.1) is 18.8 Å². The topological polar surface area (TPSA) is 97.2 Å². The number of sulfonamides is 1. The lowest BCUT2D eigenvalue weighted by molar-refractivity contribution is -0.113. The molecule has 1 N–H and O–H groups in total. The minimum atomic E-state index is -3.55. The Balaban J connectivity index is 1.36. The van der Waals surface area contributed by atoms with Crippen LogP contribution in [0.5, 0.6) is 0 Å². The minimum Gasteiger partial charge on any atom is -0.325 e. The molecule has 1 amide bonds. The Kier molecular flexibility index (Phi) is 7.39. The average molecular weight is 500 g/mol. The van der Waals surface area contributed by atoms with Gasteiger partial charge in [0, 0.05) is 24.5 Å². The number of rotatable bonds is 7. The highest BCUT2D eigenvalue weighted by Crippen LogP contribution is 2.27. The molecule has 3 aromatic rings. The van der Waals surface area contributed by atoms with E-state index >= 15 is 0 Å². The van der Waals surface area contributed by atoms with Gasteiger partial charge in [-0.3, -0.25) is 9.36 Å². The zero-order valence-electron chi connectivity index (χ0n) is 19.5. The molecule has 1 aliphatic rings. The summed E-state index contributed by atoms with van der Waals surface area (Å²) >= 11 is 1.28. The first kappa shape index (κ1) is 24.4. The van der Waals surface area contributed by atoms with E-state index in [0.717, 1.165) is 17.7 Å². The molecule has 2 aromatic carbocycles. The van der Waals surface area contributed by atoms with Crippen LogP contribution in [0.2, 0.25) is 0 Å². The van der Waals surface area contributed by atoms with Crippen molar-refractivity contribution in [3.8, 4) is 5.69 Å². The fourth-order valence-corrected chi connectivity index (χ4v) is 6.60. The van der Waals surface area contributed by atoms with Crippen molar-refractivity contribution in [1.82, 2.24) is 19.1 Å². The van der Waals surface area contributed by atoms with Gasteiger partial charge in [0.05, 0.1) is 10.6 Å². The molecule has 0 radical (unpaired) electrons. The molecule has 0 saturated carbocycles. The SMILES string of the molecule is Cc1ccc(-n2cnnc2SCC(=O)Nc2ccc(S(=O)(=O)N3CC(C)CC(C)C3)cc2)cc1. The van der Waals surface area contributed by atoms with E-state index in [2.05, 4.69) is 29.4 Å². The molecule has 0 aliphatic carbocycles. The van der Waals surface area contributed by atoms with E-state index in [1.807, 2.05) is 35.8 Å². The van der Waals surface area contributed by atoms with Gasteiger partial charge in [-0.1, -0.05) is 43.3 Å². The van der Waals surface area contributed by atoms with E-state index in [9.17, 15) is 13.2 Å². The van der Waals surface area contributed by atoms with Gasteiger partial charge in [0.1, 0.15) is 6.33 Å². The van der Waals surface area contributed by atoms with Crippen LogP contribution in [0.1, 0.15) is 25.8 Å². The normalized spacial score (nSPS) is 19.1. The molecule has 0 spiro atoms. The van der Waals surface area contributed by atoms with Crippen LogP contribution in [0.4, 0.5) is 5.69 Å². The maximum atomic E-state index is 13.0. The number of carbonyl (C=O) groups is 1. The highest BCUT2D eigenvalue weighted by atomic mass is 32.2. The highest BCUT2D eigenvalue weighted by Gasteiger charge is 2.31. The summed E-state index contributed by atoms with van der Waals surface area (Å²) < 4.78 is 29.5. The van der Waals surface area contributed by atoms with E-state index in [-0.39, 0.29) is 16.6 Å². The van der Waals surface area contributed by atoms with E-state index in [0.29, 0.717) is 35.8 Å². The average Bonchev–Trinajstić information content (AvgIpc) is 3.26. The lowest BCUT2D eigenvalue weighted by atomic mass is 9.94. The Morgan fingerprint density at radius 3 is 2.35 bits per heavy atom. The fourth-order valence-electron chi connectivity index (χ4n) is 4.19. The van der Waals surface area contributed by atoms with Crippen molar-refractivity contribution in [2.24, 2.45) is 11.8 Å². The second-order valence-electron chi connectivity index (χ2n) is 8.95. The van der Waals surface area contributed by atoms with Crippen molar-refractivity contribution in [2.75, 3.05) is 24.2 Å². The minimum absolute atomic E-state index is 0.147. The van der Waals surface area contributed by atoms with E-state index in [4.69, 9.17) is 0 Å². The van der Waals surface area contributed by atoms with E-state index in [1.165, 1.54) is 11.8 Å². The Morgan fingerprint density at radius 1 is 1.06 bits per heavy atom. The molecular formula is C24H29N5O3S2. The van der Waals surface area contributed by atoms with Crippen molar-refractivity contribution < 1.29 is 13.2 Å². The first-order valence-corrected chi connectivity index (χ1v) is 13.6. The van der Waals surface area contributed by atoms with Gasteiger partial charge in [0.25, 0.3) is 0 Å². The van der Waals surface area contributed by atoms with E-state index in [1.54, 1.807) is 34.9 Å². The van der Waals surface area contributed by atoms with Crippen LogP contribution >= 0.6 is 11.8 Å². The van der Waals surface area contributed by atoms with Crippen LogP contribution in [0.3, 0.4) is 0 Å². The standard InChI is InChI=1S/C24H29N5O3S2/c1-17-4-8-21(9-5-17)29-16-25-27-24(29)33-15-23(30)26-20-6-10-22(11-7-20)34(31,32)28-13-18(2)12-19(3)14-28/h4-11,16,18-19H,12-15H2,1-3H3,(H,26,30). The largest absolute Gasteiger partial charge is 0.325 e. The zero-order chi connectivity index (χ0) is 24.3. The number of nitrogens with one attached hydrogen (secondary N) is 1. The predicted molar refractivity (Wildman–Crippen MR) is 134 cm³/mol. The molecule has 1 saturated heterocycles. The Morgan fingerprint density at radius 2 is 1.71 bits per heavy atom. The number of thioether (sulfide) groups is 1. The van der Waals surface area contributed by atoms with Crippen LogP contribution in [-0.4, -0.2) is 52.2 Å². The maximum Gasteiger partial charge on any atom is 0.243 e. The second-order valence-corrected chi connectivity index (χ2v) is 11.8. The number of benzene rings is 2.